The minimum absolute atomic E-state index is 0.0238. The maximum absolute atomic E-state index is 11.9. The van der Waals surface area contributed by atoms with Crippen molar-refractivity contribution in [2.45, 2.75) is 33.6 Å². The maximum atomic E-state index is 11.9. The lowest BCUT2D eigenvalue weighted by Gasteiger charge is -2.07. The van der Waals surface area contributed by atoms with Crippen molar-refractivity contribution in [1.82, 2.24) is 0 Å². The summed E-state index contributed by atoms with van der Waals surface area (Å²) in [6.07, 6.45) is 0. The third-order valence-corrected chi connectivity index (χ3v) is 4.33. The van der Waals surface area contributed by atoms with Crippen LogP contribution in [0.15, 0.2) is 24.3 Å². The molecule has 0 amide bonds. The monoisotopic (exact) mass is 266 g/mol. The lowest BCUT2D eigenvalue weighted by Crippen LogP contribution is -2.15. The smallest absolute Gasteiger partial charge is 0.175 e. The Morgan fingerprint density at radius 1 is 1.11 bits per heavy atom. The van der Waals surface area contributed by atoms with Gasteiger partial charge in [0, 0.05) is 22.1 Å². The zero-order chi connectivity index (χ0) is 13.7. The van der Waals surface area contributed by atoms with Gasteiger partial charge in [-0.05, 0) is 17.4 Å². The van der Waals surface area contributed by atoms with Crippen LogP contribution in [0, 0.1) is 5.92 Å². The summed E-state index contributed by atoms with van der Waals surface area (Å²) < 4.78 is 11.7. The van der Waals surface area contributed by atoms with E-state index in [2.05, 4.69) is 13.8 Å². The van der Waals surface area contributed by atoms with E-state index in [0.717, 1.165) is 0 Å². The molecule has 18 heavy (non-hydrogen) atoms. The molecule has 1 unspecified atom stereocenters. The molecule has 100 valence electrons. The quantitative estimate of drug-likeness (QED) is 0.740. The van der Waals surface area contributed by atoms with Gasteiger partial charge in [0.15, 0.2) is 5.78 Å². The number of carbonyl (C=O) groups is 1. The Kier molecular flexibility index (Phi) is 5.73. The van der Waals surface area contributed by atoms with Crippen molar-refractivity contribution in [2.24, 2.45) is 5.92 Å². The molecule has 1 aromatic carbocycles. The minimum Gasteiger partial charge on any atom is -0.293 e. The summed E-state index contributed by atoms with van der Waals surface area (Å²) in [4.78, 5) is 11.9. The van der Waals surface area contributed by atoms with E-state index in [9.17, 15) is 9.00 Å². The summed E-state index contributed by atoms with van der Waals surface area (Å²) in [6.45, 7) is 8.27. The van der Waals surface area contributed by atoms with Crippen LogP contribution in [-0.2, 0) is 10.8 Å². The largest absolute Gasteiger partial charge is 0.293 e. The standard InChI is InChI=1S/C15H22O2S/c1-11(2)9-18(17)10-15(16)14-7-5-13(6-8-14)12(3)4/h5-8,11-12H,9-10H2,1-4H3. The number of carbonyl (C=O) groups excluding carboxylic acids is 1. The molecule has 0 bridgehead atoms. The van der Waals surface area contributed by atoms with E-state index in [1.54, 1.807) is 0 Å². The van der Waals surface area contributed by atoms with E-state index in [1.165, 1.54) is 5.56 Å². The molecule has 0 aliphatic carbocycles. The molecule has 0 radical (unpaired) electrons. The molecule has 1 rings (SSSR count). The second-order valence-corrected chi connectivity index (χ2v) is 6.85. The Morgan fingerprint density at radius 3 is 2.11 bits per heavy atom. The van der Waals surface area contributed by atoms with Crippen LogP contribution in [0.25, 0.3) is 0 Å². The highest BCUT2D eigenvalue weighted by Crippen LogP contribution is 2.15. The predicted molar refractivity (Wildman–Crippen MR) is 77.6 cm³/mol. The SMILES string of the molecule is CC(C)CS(=O)CC(=O)c1ccc(C(C)C)cc1. The summed E-state index contributed by atoms with van der Waals surface area (Å²) >= 11 is 0. The molecular formula is C15H22O2S. The number of hydrogen-bond donors (Lipinski definition) is 0. The highest BCUT2D eigenvalue weighted by Gasteiger charge is 2.12. The van der Waals surface area contributed by atoms with Crippen LogP contribution >= 0.6 is 0 Å². The summed E-state index contributed by atoms with van der Waals surface area (Å²) in [5, 5.41) is 0. The fraction of sp³-hybridized carbons (Fsp3) is 0.533. The van der Waals surface area contributed by atoms with Gasteiger partial charge >= 0.3 is 0 Å². The van der Waals surface area contributed by atoms with Crippen LogP contribution in [0.1, 0.15) is 49.5 Å². The molecule has 0 N–H and O–H groups in total. The lowest BCUT2D eigenvalue weighted by atomic mass is 10.0. The van der Waals surface area contributed by atoms with Crippen molar-refractivity contribution in [3.05, 3.63) is 35.4 Å². The fourth-order valence-electron chi connectivity index (χ4n) is 1.71. The second kappa shape index (κ2) is 6.83. The molecule has 1 aromatic rings. The van der Waals surface area contributed by atoms with Crippen molar-refractivity contribution in [2.75, 3.05) is 11.5 Å². The lowest BCUT2D eigenvalue weighted by molar-refractivity contribution is 0.102. The molecular weight excluding hydrogens is 244 g/mol. The summed E-state index contributed by atoms with van der Waals surface area (Å²) in [7, 11) is -1.04. The van der Waals surface area contributed by atoms with Crippen LogP contribution in [0.5, 0.6) is 0 Å². The number of Topliss-reactive ketones (excluding diaryl/α,β-unsaturated/α-hetero) is 1. The van der Waals surface area contributed by atoms with Gasteiger partial charge < -0.3 is 0 Å². The third-order valence-electron chi connectivity index (χ3n) is 2.71. The normalized spacial score (nSPS) is 13.0. The van der Waals surface area contributed by atoms with Gasteiger partial charge in [-0.1, -0.05) is 52.0 Å². The van der Waals surface area contributed by atoms with Crippen LogP contribution in [0.2, 0.25) is 0 Å². The predicted octanol–water partition coefficient (Wildman–Crippen LogP) is 3.40. The van der Waals surface area contributed by atoms with Crippen molar-refractivity contribution < 1.29 is 9.00 Å². The molecule has 0 aromatic heterocycles. The first-order chi connectivity index (χ1) is 8.40. The van der Waals surface area contributed by atoms with Crippen LogP contribution in [-0.4, -0.2) is 21.5 Å². The topological polar surface area (TPSA) is 34.1 Å². The van der Waals surface area contributed by atoms with Crippen molar-refractivity contribution in [3.63, 3.8) is 0 Å². The van der Waals surface area contributed by atoms with Crippen LogP contribution in [0.3, 0.4) is 0 Å². The number of benzene rings is 1. The number of hydrogen-bond acceptors (Lipinski definition) is 2. The molecule has 0 spiro atoms. The first-order valence-electron chi connectivity index (χ1n) is 6.38. The van der Waals surface area contributed by atoms with Gasteiger partial charge in [0.2, 0.25) is 0 Å². The molecule has 1 atom stereocenters. The fourth-order valence-corrected chi connectivity index (χ4v) is 3.03. The van der Waals surface area contributed by atoms with Gasteiger partial charge in [0.05, 0.1) is 5.75 Å². The summed E-state index contributed by atoms with van der Waals surface area (Å²) in [6, 6.07) is 7.63. The highest BCUT2D eigenvalue weighted by molar-refractivity contribution is 7.85. The molecule has 0 saturated heterocycles. The van der Waals surface area contributed by atoms with Crippen LogP contribution < -0.4 is 0 Å². The first-order valence-corrected chi connectivity index (χ1v) is 7.87. The Labute approximate surface area is 112 Å². The van der Waals surface area contributed by atoms with Crippen molar-refractivity contribution in [3.8, 4) is 0 Å². The van der Waals surface area contributed by atoms with E-state index in [1.807, 2.05) is 38.1 Å². The Bertz CT molecular complexity index is 419. The van der Waals surface area contributed by atoms with E-state index >= 15 is 0 Å². The van der Waals surface area contributed by atoms with Gasteiger partial charge in [0.1, 0.15) is 0 Å². The van der Waals surface area contributed by atoms with E-state index in [-0.39, 0.29) is 11.5 Å². The van der Waals surface area contributed by atoms with E-state index in [4.69, 9.17) is 0 Å². The molecule has 2 nitrogen and oxygen atoms in total. The Morgan fingerprint density at radius 2 is 1.67 bits per heavy atom. The van der Waals surface area contributed by atoms with Gasteiger partial charge in [0.25, 0.3) is 0 Å². The van der Waals surface area contributed by atoms with Gasteiger partial charge in [-0.3, -0.25) is 9.00 Å². The summed E-state index contributed by atoms with van der Waals surface area (Å²) in [5.41, 5.74) is 1.88. The van der Waals surface area contributed by atoms with Crippen molar-refractivity contribution >= 4 is 16.6 Å². The van der Waals surface area contributed by atoms with Gasteiger partial charge in [-0.2, -0.15) is 0 Å². The van der Waals surface area contributed by atoms with E-state index in [0.29, 0.717) is 23.2 Å². The second-order valence-electron chi connectivity index (χ2n) is 5.34. The summed E-state index contributed by atoms with van der Waals surface area (Å²) in [5.74, 6) is 1.53. The molecule has 3 heteroatoms. The molecule has 0 saturated carbocycles. The zero-order valence-electron chi connectivity index (χ0n) is 11.6. The molecule has 0 aliphatic rings. The number of rotatable bonds is 6. The molecule has 0 fully saturated rings. The maximum Gasteiger partial charge on any atom is 0.175 e. The number of ketones is 1. The molecule has 0 heterocycles. The first kappa shape index (κ1) is 15.1. The average Bonchev–Trinajstić information content (AvgIpc) is 2.27. The Balaban J connectivity index is 2.64. The average molecular weight is 266 g/mol. The highest BCUT2D eigenvalue weighted by atomic mass is 32.2. The minimum atomic E-state index is -1.04. The molecule has 0 aliphatic heterocycles. The third kappa shape index (κ3) is 4.73. The Hall–Kier alpha value is -0.960. The van der Waals surface area contributed by atoms with Gasteiger partial charge in [-0.25, -0.2) is 0 Å². The van der Waals surface area contributed by atoms with Crippen LogP contribution in [0.4, 0.5) is 0 Å². The zero-order valence-corrected chi connectivity index (χ0v) is 12.4. The van der Waals surface area contributed by atoms with Crippen molar-refractivity contribution in [1.29, 1.82) is 0 Å². The van der Waals surface area contributed by atoms with Gasteiger partial charge in [-0.15, -0.1) is 0 Å². The van der Waals surface area contributed by atoms with E-state index < -0.39 is 10.8 Å².